The second-order valence-corrected chi connectivity index (χ2v) is 5.91. The molecule has 0 aromatic rings. The fourth-order valence-corrected chi connectivity index (χ4v) is 3.48. The van der Waals surface area contributed by atoms with Crippen LogP contribution in [-0.4, -0.2) is 18.5 Å². The van der Waals surface area contributed by atoms with Gasteiger partial charge in [0.25, 0.3) is 0 Å². The molecule has 0 bridgehead atoms. The zero-order chi connectivity index (χ0) is 12.3. The van der Waals surface area contributed by atoms with Crippen LogP contribution in [0, 0.1) is 17.8 Å². The van der Waals surface area contributed by atoms with Crippen LogP contribution in [0.25, 0.3) is 0 Å². The summed E-state index contributed by atoms with van der Waals surface area (Å²) in [5.41, 5.74) is 5.74. The van der Waals surface area contributed by atoms with E-state index in [0.717, 1.165) is 19.3 Å². The van der Waals surface area contributed by atoms with Gasteiger partial charge in [-0.1, -0.05) is 26.2 Å². The van der Waals surface area contributed by atoms with E-state index >= 15 is 0 Å². The molecule has 0 saturated heterocycles. The van der Waals surface area contributed by atoms with Gasteiger partial charge in [-0.2, -0.15) is 0 Å². The Kier molecular flexibility index (Phi) is 4.43. The Morgan fingerprint density at radius 3 is 2.65 bits per heavy atom. The first-order valence-electron chi connectivity index (χ1n) is 7.22. The summed E-state index contributed by atoms with van der Waals surface area (Å²) < 4.78 is 0. The van der Waals surface area contributed by atoms with Crippen LogP contribution in [-0.2, 0) is 4.79 Å². The Morgan fingerprint density at radius 1 is 1.18 bits per heavy atom. The summed E-state index contributed by atoms with van der Waals surface area (Å²) >= 11 is 0. The van der Waals surface area contributed by atoms with Crippen LogP contribution in [0.1, 0.15) is 51.9 Å². The summed E-state index contributed by atoms with van der Waals surface area (Å²) in [4.78, 5) is 12.3. The zero-order valence-electron chi connectivity index (χ0n) is 11.0. The van der Waals surface area contributed by atoms with E-state index in [1.165, 1.54) is 25.7 Å². The van der Waals surface area contributed by atoms with Crippen LogP contribution >= 0.6 is 0 Å². The quantitative estimate of drug-likeness (QED) is 0.790. The minimum Gasteiger partial charge on any atom is -0.353 e. The van der Waals surface area contributed by atoms with Crippen molar-refractivity contribution >= 4 is 5.91 Å². The van der Waals surface area contributed by atoms with Crippen LogP contribution in [0.15, 0.2) is 0 Å². The number of rotatable bonds is 3. The van der Waals surface area contributed by atoms with Crippen molar-refractivity contribution < 1.29 is 4.79 Å². The van der Waals surface area contributed by atoms with Crippen molar-refractivity contribution in [1.29, 1.82) is 0 Å². The van der Waals surface area contributed by atoms with Gasteiger partial charge in [0.1, 0.15) is 0 Å². The van der Waals surface area contributed by atoms with Gasteiger partial charge in [0, 0.05) is 12.0 Å². The average Bonchev–Trinajstić information content (AvgIpc) is 2.80. The number of nitrogens with two attached hydrogens (primary N) is 1. The first-order valence-corrected chi connectivity index (χ1v) is 7.22. The molecule has 2 aliphatic carbocycles. The molecular formula is C14H26N2O. The highest BCUT2D eigenvalue weighted by Crippen LogP contribution is 2.32. The second kappa shape index (κ2) is 5.85. The van der Waals surface area contributed by atoms with Crippen molar-refractivity contribution in [2.24, 2.45) is 23.5 Å². The molecule has 4 atom stereocenters. The summed E-state index contributed by atoms with van der Waals surface area (Å²) in [7, 11) is 0. The van der Waals surface area contributed by atoms with E-state index in [9.17, 15) is 4.79 Å². The Morgan fingerprint density at radius 2 is 1.94 bits per heavy atom. The summed E-state index contributed by atoms with van der Waals surface area (Å²) in [6, 6.07) is 0.412. The predicted molar refractivity (Wildman–Crippen MR) is 69.4 cm³/mol. The lowest BCUT2D eigenvalue weighted by Crippen LogP contribution is -2.45. The minimum atomic E-state index is 0.189. The van der Waals surface area contributed by atoms with E-state index in [2.05, 4.69) is 12.2 Å². The van der Waals surface area contributed by atoms with Gasteiger partial charge in [0.05, 0.1) is 0 Å². The lowest BCUT2D eigenvalue weighted by atomic mass is 9.85. The monoisotopic (exact) mass is 238 g/mol. The minimum absolute atomic E-state index is 0.189. The zero-order valence-corrected chi connectivity index (χ0v) is 11.0. The molecule has 2 saturated carbocycles. The van der Waals surface area contributed by atoms with Crippen molar-refractivity contribution in [3.05, 3.63) is 0 Å². The smallest absolute Gasteiger partial charge is 0.223 e. The van der Waals surface area contributed by atoms with Crippen molar-refractivity contribution in [2.75, 3.05) is 6.54 Å². The van der Waals surface area contributed by atoms with Gasteiger partial charge in [-0.05, 0) is 44.1 Å². The molecule has 2 unspecified atom stereocenters. The van der Waals surface area contributed by atoms with Gasteiger partial charge < -0.3 is 11.1 Å². The van der Waals surface area contributed by atoms with Crippen LogP contribution < -0.4 is 11.1 Å². The molecule has 0 aliphatic heterocycles. The Balaban J connectivity index is 1.87. The summed E-state index contributed by atoms with van der Waals surface area (Å²) in [6.45, 7) is 2.93. The molecular weight excluding hydrogens is 212 g/mol. The summed E-state index contributed by atoms with van der Waals surface area (Å²) in [5.74, 6) is 1.53. The molecule has 1 amide bonds. The molecule has 0 aromatic heterocycles. The number of hydrogen-bond donors (Lipinski definition) is 2. The normalized spacial score (nSPS) is 38.0. The van der Waals surface area contributed by atoms with Crippen molar-refractivity contribution in [2.45, 2.75) is 57.9 Å². The molecule has 0 spiro atoms. The highest BCUT2D eigenvalue weighted by atomic mass is 16.2. The molecule has 17 heavy (non-hydrogen) atoms. The van der Waals surface area contributed by atoms with Crippen LogP contribution in [0.5, 0.6) is 0 Å². The predicted octanol–water partition coefficient (Wildman–Crippen LogP) is 2.06. The van der Waals surface area contributed by atoms with Gasteiger partial charge in [-0.3, -0.25) is 4.79 Å². The molecule has 0 radical (unpaired) electrons. The SMILES string of the molecule is CC1CCCCC1NC(=O)[C@@H]1CCC[C@@H]1CN. The molecule has 0 heterocycles. The fourth-order valence-electron chi connectivity index (χ4n) is 3.48. The highest BCUT2D eigenvalue weighted by Gasteiger charge is 2.33. The van der Waals surface area contributed by atoms with E-state index in [0.29, 0.717) is 24.4 Å². The number of amides is 1. The van der Waals surface area contributed by atoms with Gasteiger partial charge in [-0.15, -0.1) is 0 Å². The first-order chi connectivity index (χ1) is 8.22. The Hall–Kier alpha value is -0.570. The van der Waals surface area contributed by atoms with Crippen LogP contribution in [0.3, 0.4) is 0 Å². The number of nitrogens with one attached hydrogen (secondary N) is 1. The van der Waals surface area contributed by atoms with E-state index in [-0.39, 0.29) is 11.8 Å². The average molecular weight is 238 g/mol. The number of carbonyl (C=O) groups is 1. The number of carbonyl (C=O) groups excluding carboxylic acids is 1. The van der Waals surface area contributed by atoms with Gasteiger partial charge >= 0.3 is 0 Å². The van der Waals surface area contributed by atoms with Crippen LogP contribution in [0.2, 0.25) is 0 Å². The highest BCUT2D eigenvalue weighted by molar-refractivity contribution is 5.79. The molecule has 3 N–H and O–H groups in total. The number of hydrogen-bond acceptors (Lipinski definition) is 2. The lowest BCUT2D eigenvalue weighted by Gasteiger charge is -2.31. The van der Waals surface area contributed by atoms with Crippen molar-refractivity contribution in [3.63, 3.8) is 0 Å². The second-order valence-electron chi connectivity index (χ2n) is 5.91. The van der Waals surface area contributed by atoms with Gasteiger partial charge in [0.2, 0.25) is 5.91 Å². The van der Waals surface area contributed by atoms with Crippen molar-refractivity contribution in [3.8, 4) is 0 Å². The molecule has 2 fully saturated rings. The third kappa shape index (κ3) is 3.01. The Labute approximate surface area is 105 Å². The van der Waals surface area contributed by atoms with E-state index in [4.69, 9.17) is 5.73 Å². The van der Waals surface area contributed by atoms with Gasteiger partial charge in [-0.25, -0.2) is 0 Å². The molecule has 2 aliphatic rings. The standard InChI is InChI=1S/C14H26N2O/c1-10-5-2-3-8-13(10)16-14(17)12-7-4-6-11(12)9-15/h10-13H,2-9,15H2,1H3,(H,16,17)/t10?,11-,12-,13?/m1/s1. The maximum Gasteiger partial charge on any atom is 0.223 e. The molecule has 98 valence electrons. The fraction of sp³-hybridized carbons (Fsp3) is 0.929. The molecule has 2 rings (SSSR count). The van der Waals surface area contributed by atoms with Crippen molar-refractivity contribution in [1.82, 2.24) is 5.32 Å². The topological polar surface area (TPSA) is 55.1 Å². The van der Waals surface area contributed by atoms with E-state index in [1.807, 2.05) is 0 Å². The first kappa shape index (κ1) is 12.9. The Bertz CT molecular complexity index is 267. The maximum absolute atomic E-state index is 12.3. The summed E-state index contributed by atoms with van der Waals surface area (Å²) in [6.07, 6.45) is 8.34. The summed E-state index contributed by atoms with van der Waals surface area (Å²) in [5, 5.41) is 3.28. The molecule has 0 aromatic carbocycles. The van der Waals surface area contributed by atoms with Gasteiger partial charge in [0.15, 0.2) is 0 Å². The largest absolute Gasteiger partial charge is 0.353 e. The van der Waals surface area contributed by atoms with Crippen LogP contribution in [0.4, 0.5) is 0 Å². The molecule has 3 heteroatoms. The lowest BCUT2D eigenvalue weighted by molar-refractivity contribution is -0.127. The molecule has 3 nitrogen and oxygen atoms in total. The maximum atomic E-state index is 12.3. The third-order valence-electron chi connectivity index (χ3n) is 4.74. The van der Waals surface area contributed by atoms with E-state index < -0.39 is 0 Å². The van der Waals surface area contributed by atoms with E-state index in [1.54, 1.807) is 0 Å². The third-order valence-corrected chi connectivity index (χ3v) is 4.74.